The third-order valence-corrected chi connectivity index (χ3v) is 9.43. The van der Waals surface area contributed by atoms with Crippen molar-refractivity contribution in [2.45, 2.75) is 25.5 Å². The van der Waals surface area contributed by atoms with Gasteiger partial charge in [-0.25, -0.2) is 4.98 Å². The summed E-state index contributed by atoms with van der Waals surface area (Å²) in [5.74, 6) is 0.868. The van der Waals surface area contributed by atoms with Gasteiger partial charge in [-0.05, 0) is 54.8 Å². The minimum absolute atomic E-state index is 0.0447. The van der Waals surface area contributed by atoms with Gasteiger partial charge < -0.3 is 14.5 Å². The van der Waals surface area contributed by atoms with Crippen molar-refractivity contribution < 1.29 is 14.3 Å². The molecule has 1 aromatic heterocycles. The van der Waals surface area contributed by atoms with Crippen molar-refractivity contribution in [3.8, 4) is 28.3 Å². The van der Waals surface area contributed by atoms with Crippen LogP contribution < -0.4 is 4.74 Å². The van der Waals surface area contributed by atoms with Gasteiger partial charge in [0, 0.05) is 67.6 Å². The number of carbonyl (C=O) groups excluding carboxylic acids is 2. The van der Waals surface area contributed by atoms with Crippen LogP contribution >= 0.6 is 0 Å². The van der Waals surface area contributed by atoms with Gasteiger partial charge in [-0.15, -0.1) is 0 Å². The Kier molecular flexibility index (Phi) is 9.57. The summed E-state index contributed by atoms with van der Waals surface area (Å²) in [4.78, 5) is 38.5. The van der Waals surface area contributed by atoms with E-state index >= 15 is 0 Å². The van der Waals surface area contributed by atoms with Crippen LogP contribution in [-0.2, 0) is 6.61 Å². The molecule has 242 valence electrons. The molecule has 7 nitrogen and oxygen atoms in total. The number of hydrogen-bond donors (Lipinski definition) is 0. The highest BCUT2D eigenvalue weighted by Gasteiger charge is 2.31. The van der Waals surface area contributed by atoms with E-state index in [0.717, 1.165) is 72.8 Å². The normalized spacial score (nSPS) is 15.7. The molecular formula is C41H40N4O3. The molecule has 4 aromatic carbocycles. The summed E-state index contributed by atoms with van der Waals surface area (Å²) < 4.78 is 5.89. The Morgan fingerprint density at radius 3 is 1.65 bits per heavy atom. The fourth-order valence-electron chi connectivity index (χ4n) is 6.69. The number of nitrogens with zero attached hydrogens (tertiary/aromatic N) is 4. The number of pyridine rings is 1. The largest absolute Gasteiger partial charge is 0.489 e. The molecule has 7 heteroatoms. The van der Waals surface area contributed by atoms with E-state index < -0.39 is 0 Å². The van der Waals surface area contributed by atoms with Crippen molar-refractivity contribution in [1.29, 1.82) is 0 Å². The third kappa shape index (κ3) is 7.32. The first kappa shape index (κ1) is 31.3. The van der Waals surface area contributed by atoms with Crippen molar-refractivity contribution in [3.05, 3.63) is 144 Å². The average molecular weight is 637 g/mol. The number of benzene rings is 4. The number of ether oxygens (including phenoxy) is 1. The summed E-state index contributed by atoms with van der Waals surface area (Å²) in [6, 6.07) is 41.9. The summed E-state index contributed by atoms with van der Waals surface area (Å²) in [6.45, 7) is 4.99. The van der Waals surface area contributed by atoms with Gasteiger partial charge in [0.1, 0.15) is 12.4 Å². The van der Waals surface area contributed by atoms with Crippen molar-refractivity contribution >= 4 is 11.8 Å². The second-order valence-electron chi connectivity index (χ2n) is 12.5. The molecule has 0 aliphatic carbocycles. The molecule has 2 amide bonds. The highest BCUT2D eigenvalue weighted by molar-refractivity contribution is 5.96. The Balaban J connectivity index is 0.928. The number of piperidine rings is 1. The number of amides is 2. The summed E-state index contributed by atoms with van der Waals surface area (Å²) in [5, 5.41) is 0. The zero-order chi connectivity index (χ0) is 32.7. The predicted molar refractivity (Wildman–Crippen MR) is 189 cm³/mol. The molecule has 0 radical (unpaired) electrons. The van der Waals surface area contributed by atoms with Crippen LogP contribution in [0.5, 0.6) is 5.75 Å². The summed E-state index contributed by atoms with van der Waals surface area (Å²) in [7, 11) is 0. The number of rotatable bonds is 8. The molecule has 3 heterocycles. The maximum atomic E-state index is 13.9. The van der Waals surface area contributed by atoms with Gasteiger partial charge in [-0.2, -0.15) is 0 Å². The maximum Gasteiger partial charge on any atom is 0.254 e. The smallest absolute Gasteiger partial charge is 0.254 e. The predicted octanol–water partition coefficient (Wildman–Crippen LogP) is 7.06. The molecular weight excluding hydrogens is 596 g/mol. The van der Waals surface area contributed by atoms with Gasteiger partial charge in [0.05, 0.1) is 11.4 Å². The van der Waals surface area contributed by atoms with E-state index in [1.165, 1.54) is 0 Å². The molecule has 0 saturated carbocycles. The lowest BCUT2D eigenvalue weighted by Gasteiger charge is -2.42. The van der Waals surface area contributed by atoms with Crippen LogP contribution in [-0.4, -0.2) is 76.8 Å². The minimum atomic E-state index is 0.0447. The molecule has 0 atom stereocenters. The molecule has 5 aromatic rings. The number of hydrogen-bond acceptors (Lipinski definition) is 5. The van der Waals surface area contributed by atoms with Gasteiger partial charge in [0.15, 0.2) is 0 Å². The quantitative estimate of drug-likeness (QED) is 0.183. The van der Waals surface area contributed by atoms with Crippen LogP contribution in [0.2, 0.25) is 0 Å². The van der Waals surface area contributed by atoms with Crippen LogP contribution in [0.4, 0.5) is 0 Å². The number of carbonyl (C=O) groups is 2. The lowest BCUT2D eigenvalue weighted by atomic mass is 10.0. The topological polar surface area (TPSA) is 66.0 Å². The zero-order valence-electron chi connectivity index (χ0n) is 27.1. The Morgan fingerprint density at radius 2 is 1.08 bits per heavy atom. The average Bonchev–Trinajstić information content (AvgIpc) is 3.18. The third-order valence-electron chi connectivity index (χ3n) is 9.43. The first-order valence-electron chi connectivity index (χ1n) is 16.8. The molecule has 0 N–H and O–H groups in total. The van der Waals surface area contributed by atoms with Gasteiger partial charge >= 0.3 is 0 Å². The second-order valence-corrected chi connectivity index (χ2v) is 12.5. The van der Waals surface area contributed by atoms with Crippen molar-refractivity contribution in [2.24, 2.45) is 0 Å². The summed E-state index contributed by atoms with van der Waals surface area (Å²) in [5.41, 5.74) is 6.04. The van der Waals surface area contributed by atoms with E-state index in [1.54, 1.807) is 0 Å². The number of piperazine rings is 1. The van der Waals surface area contributed by atoms with Crippen molar-refractivity contribution in [1.82, 2.24) is 19.7 Å². The molecule has 2 fully saturated rings. The van der Waals surface area contributed by atoms with E-state index in [2.05, 4.69) is 4.90 Å². The Morgan fingerprint density at radius 1 is 0.583 bits per heavy atom. The Bertz CT molecular complexity index is 1760. The van der Waals surface area contributed by atoms with E-state index in [-0.39, 0.29) is 11.8 Å². The minimum Gasteiger partial charge on any atom is -0.489 e. The first-order chi connectivity index (χ1) is 23.6. The lowest BCUT2D eigenvalue weighted by Crippen LogP contribution is -2.54. The fraction of sp³-hybridized carbons (Fsp3) is 0.244. The van der Waals surface area contributed by atoms with Crippen molar-refractivity contribution in [2.75, 3.05) is 39.3 Å². The SMILES string of the molecule is O=C(c1ccc(OCc2ccccc2)cc1)N1CCC(N2CCN(C(=O)c3cc(-c4ccccc4)nc(-c4ccccc4)c3)CC2)CC1. The Hall–Kier alpha value is -5.27. The maximum absolute atomic E-state index is 13.9. The fourth-order valence-corrected chi connectivity index (χ4v) is 6.69. The molecule has 2 aliphatic rings. The lowest BCUT2D eigenvalue weighted by molar-refractivity contribution is 0.0412. The Labute approximate surface area is 282 Å². The van der Waals surface area contributed by atoms with Crippen LogP contribution in [0.3, 0.4) is 0 Å². The van der Waals surface area contributed by atoms with Gasteiger partial charge in [-0.1, -0.05) is 91.0 Å². The van der Waals surface area contributed by atoms with Crippen LogP contribution in [0.25, 0.3) is 22.5 Å². The second kappa shape index (κ2) is 14.7. The van der Waals surface area contributed by atoms with Gasteiger partial charge in [0.2, 0.25) is 0 Å². The summed E-state index contributed by atoms with van der Waals surface area (Å²) in [6.07, 6.45) is 1.87. The monoisotopic (exact) mass is 636 g/mol. The van der Waals surface area contributed by atoms with E-state index in [1.807, 2.05) is 137 Å². The molecule has 2 saturated heterocycles. The first-order valence-corrected chi connectivity index (χ1v) is 16.8. The molecule has 0 unspecified atom stereocenters. The summed E-state index contributed by atoms with van der Waals surface area (Å²) >= 11 is 0. The van der Waals surface area contributed by atoms with Crippen molar-refractivity contribution in [3.63, 3.8) is 0 Å². The zero-order valence-corrected chi connectivity index (χ0v) is 27.1. The van der Waals surface area contributed by atoms with E-state index in [9.17, 15) is 9.59 Å². The number of aromatic nitrogens is 1. The van der Waals surface area contributed by atoms with Crippen LogP contribution in [0, 0.1) is 0 Å². The molecule has 7 rings (SSSR count). The van der Waals surface area contributed by atoms with Gasteiger partial charge in [0.25, 0.3) is 11.8 Å². The molecule has 2 aliphatic heterocycles. The standard InChI is InChI=1S/C41H40N4O3/c46-40(34-16-18-37(19-17-34)48-30-31-10-4-1-5-11-31)44-22-20-36(21-23-44)43-24-26-45(27-25-43)41(47)35-28-38(32-12-6-2-7-13-32)42-39(29-35)33-14-8-3-9-15-33/h1-19,28-29,36H,20-27,30H2. The molecule has 0 bridgehead atoms. The molecule has 0 spiro atoms. The van der Waals surface area contributed by atoms with E-state index in [4.69, 9.17) is 9.72 Å². The van der Waals surface area contributed by atoms with Crippen LogP contribution in [0.1, 0.15) is 39.1 Å². The van der Waals surface area contributed by atoms with Gasteiger partial charge in [-0.3, -0.25) is 14.5 Å². The van der Waals surface area contributed by atoms with Crippen LogP contribution in [0.15, 0.2) is 127 Å². The highest BCUT2D eigenvalue weighted by Crippen LogP contribution is 2.27. The molecule has 48 heavy (non-hydrogen) atoms. The van der Waals surface area contributed by atoms with E-state index in [0.29, 0.717) is 36.9 Å². The highest BCUT2D eigenvalue weighted by atomic mass is 16.5. The number of likely N-dealkylation sites (tertiary alicyclic amines) is 1.